The van der Waals surface area contributed by atoms with E-state index in [4.69, 9.17) is 4.74 Å². The van der Waals surface area contributed by atoms with E-state index in [0.29, 0.717) is 29.9 Å². The molecule has 1 aliphatic carbocycles. The number of likely N-dealkylation sites (tertiary alicyclic amines) is 1. The Morgan fingerprint density at radius 2 is 1.73 bits per heavy atom. The van der Waals surface area contributed by atoms with Gasteiger partial charge in [-0.05, 0) is 67.2 Å². The largest absolute Gasteiger partial charge is 0.359 e. The first-order valence-electron chi connectivity index (χ1n) is 16.5. The first-order chi connectivity index (χ1) is 21.1. The van der Waals surface area contributed by atoms with Crippen molar-refractivity contribution in [1.29, 1.82) is 0 Å². The van der Waals surface area contributed by atoms with Crippen LogP contribution in [0, 0.1) is 23.7 Å². The number of carbonyl (C=O) groups excluding carboxylic acids is 3. The van der Waals surface area contributed by atoms with Gasteiger partial charge in [0, 0.05) is 17.8 Å². The zero-order valence-corrected chi connectivity index (χ0v) is 26.7. The molecular formula is C37H47N3O4. The molecule has 3 aliphatic heterocycles. The summed E-state index contributed by atoms with van der Waals surface area (Å²) >= 11 is 0. The lowest BCUT2D eigenvalue weighted by molar-refractivity contribution is -0.144. The van der Waals surface area contributed by atoms with Crippen LogP contribution in [0.15, 0.2) is 66.7 Å². The number of nitrogens with one attached hydrogen (secondary N) is 2. The predicted molar refractivity (Wildman–Crippen MR) is 172 cm³/mol. The molecule has 1 spiro atoms. The smallest absolute Gasteiger partial charge is 0.246 e. The number of nitrogens with zero attached hydrogens (tertiary/aromatic N) is 1. The van der Waals surface area contributed by atoms with Gasteiger partial charge in [0.15, 0.2) is 0 Å². The highest BCUT2D eigenvalue weighted by atomic mass is 16.5. The first-order valence-corrected chi connectivity index (χ1v) is 16.5. The molecule has 0 aromatic heterocycles. The van der Waals surface area contributed by atoms with Gasteiger partial charge in [-0.3, -0.25) is 14.4 Å². The molecule has 3 heterocycles. The molecule has 6 rings (SSSR count). The van der Waals surface area contributed by atoms with Gasteiger partial charge in [-0.1, -0.05) is 95.2 Å². The highest BCUT2D eigenvalue weighted by Gasteiger charge is 2.73. The van der Waals surface area contributed by atoms with Gasteiger partial charge in [0.1, 0.15) is 11.6 Å². The van der Waals surface area contributed by atoms with Crippen molar-refractivity contribution in [2.45, 2.75) is 102 Å². The van der Waals surface area contributed by atoms with E-state index in [0.717, 1.165) is 25.7 Å². The molecule has 2 saturated heterocycles. The van der Waals surface area contributed by atoms with Crippen LogP contribution < -0.4 is 10.6 Å². The minimum atomic E-state index is -1.17. The van der Waals surface area contributed by atoms with E-state index in [-0.39, 0.29) is 29.8 Å². The van der Waals surface area contributed by atoms with E-state index in [1.54, 1.807) is 4.90 Å². The van der Waals surface area contributed by atoms with Gasteiger partial charge in [-0.2, -0.15) is 0 Å². The van der Waals surface area contributed by atoms with Crippen molar-refractivity contribution in [3.8, 4) is 0 Å². The summed E-state index contributed by atoms with van der Waals surface area (Å²) in [4.78, 5) is 44.5. The number of aryl methyl sites for hydroxylation is 1. The number of rotatable bonds is 9. The maximum atomic E-state index is 14.5. The molecule has 234 valence electrons. The van der Waals surface area contributed by atoms with E-state index in [2.05, 4.69) is 50.5 Å². The average molecular weight is 598 g/mol. The summed E-state index contributed by atoms with van der Waals surface area (Å²) in [6, 6.07) is 17.0. The van der Waals surface area contributed by atoms with Gasteiger partial charge in [0.25, 0.3) is 0 Å². The third-order valence-corrected chi connectivity index (χ3v) is 10.9. The Hall–Kier alpha value is -3.45. The quantitative estimate of drug-likeness (QED) is 0.355. The summed E-state index contributed by atoms with van der Waals surface area (Å²) in [6.45, 7) is 10.7. The van der Waals surface area contributed by atoms with E-state index < -0.39 is 29.6 Å². The molecule has 7 nitrogen and oxygen atoms in total. The second-order valence-electron chi connectivity index (χ2n) is 14.0. The van der Waals surface area contributed by atoms with E-state index in [9.17, 15) is 14.4 Å². The number of hydrogen-bond donors (Lipinski definition) is 2. The van der Waals surface area contributed by atoms with Gasteiger partial charge in [-0.25, -0.2) is 0 Å². The summed E-state index contributed by atoms with van der Waals surface area (Å²) in [5, 5.41) is 6.41. The molecule has 2 aromatic carbocycles. The summed E-state index contributed by atoms with van der Waals surface area (Å²) in [6.07, 6.45) is 7.89. The first kappa shape index (κ1) is 30.6. The molecule has 2 aromatic rings. The van der Waals surface area contributed by atoms with Crippen molar-refractivity contribution >= 4 is 23.4 Å². The molecule has 9 atom stereocenters. The van der Waals surface area contributed by atoms with E-state index in [1.165, 1.54) is 11.1 Å². The van der Waals surface area contributed by atoms with Crippen LogP contribution in [0.25, 0.3) is 0 Å². The second kappa shape index (κ2) is 12.2. The maximum absolute atomic E-state index is 14.5. The van der Waals surface area contributed by atoms with Crippen molar-refractivity contribution < 1.29 is 19.1 Å². The van der Waals surface area contributed by atoms with Crippen LogP contribution in [0.1, 0.15) is 77.3 Å². The third-order valence-electron chi connectivity index (χ3n) is 10.9. The summed E-state index contributed by atoms with van der Waals surface area (Å²) in [5.74, 6) is -0.807. The van der Waals surface area contributed by atoms with Crippen molar-refractivity contribution in [3.63, 3.8) is 0 Å². The monoisotopic (exact) mass is 597 g/mol. The Labute approximate surface area is 261 Å². The van der Waals surface area contributed by atoms with E-state index in [1.807, 2.05) is 61.5 Å². The normalized spacial score (nSPS) is 33.0. The van der Waals surface area contributed by atoms with Crippen molar-refractivity contribution in [2.75, 3.05) is 5.32 Å². The van der Waals surface area contributed by atoms with Crippen LogP contribution in [-0.4, -0.2) is 52.5 Å². The highest BCUT2D eigenvalue weighted by Crippen LogP contribution is 2.56. The number of fused-ring (bicyclic) bond motifs is 1. The summed E-state index contributed by atoms with van der Waals surface area (Å²) < 4.78 is 6.60. The van der Waals surface area contributed by atoms with E-state index >= 15 is 0 Å². The second-order valence-corrected chi connectivity index (χ2v) is 14.0. The molecular weight excluding hydrogens is 550 g/mol. The fourth-order valence-electron chi connectivity index (χ4n) is 8.06. The molecule has 7 heteroatoms. The van der Waals surface area contributed by atoms with Crippen molar-refractivity contribution in [3.05, 3.63) is 77.9 Å². The number of carbonyl (C=O) groups is 3. The molecule has 7 unspecified atom stereocenters. The molecule has 2 N–H and O–H groups in total. The minimum absolute atomic E-state index is 0.0498. The predicted octanol–water partition coefficient (Wildman–Crippen LogP) is 5.86. The van der Waals surface area contributed by atoms with Gasteiger partial charge in [0.2, 0.25) is 17.7 Å². The number of hydrogen-bond acceptors (Lipinski definition) is 4. The molecule has 1 saturated carbocycles. The zero-order valence-electron chi connectivity index (χ0n) is 26.7. The Balaban J connectivity index is 1.28. The third kappa shape index (κ3) is 5.38. The van der Waals surface area contributed by atoms with Crippen LogP contribution in [-0.2, 0) is 25.5 Å². The Kier molecular flexibility index (Phi) is 8.44. The number of amides is 3. The topological polar surface area (TPSA) is 87.7 Å². The van der Waals surface area contributed by atoms with Crippen LogP contribution in [0.3, 0.4) is 0 Å². The number of ether oxygens (including phenoxy) is 1. The molecule has 3 fully saturated rings. The standard InChI is InChI=1S/C37H47N3O4/c1-22(2)27-16-18-28(19-17-27)38-34(41)31-30-20-21-37(44-30)32(31)36(43)40(24(4)14-15-26-11-7-6-8-12-26)33(37)35(42)39-29-13-9-10-23(3)25(29)5/h6-8,11-12,16-25,29-33H,9-10,13-15H2,1-5H3,(H,38,41)(H,39,42)/t23?,24?,25?,29?,30-,31?,32-,33?,37?/m1/s1. The van der Waals surface area contributed by atoms with Gasteiger partial charge in [-0.15, -0.1) is 0 Å². The average Bonchev–Trinajstić information content (AvgIpc) is 3.66. The molecule has 44 heavy (non-hydrogen) atoms. The van der Waals surface area contributed by atoms with Crippen molar-refractivity contribution in [2.24, 2.45) is 23.7 Å². The Morgan fingerprint density at radius 1 is 1.00 bits per heavy atom. The maximum Gasteiger partial charge on any atom is 0.246 e. The van der Waals surface area contributed by atoms with Crippen LogP contribution in [0.4, 0.5) is 5.69 Å². The number of benzene rings is 2. The van der Waals surface area contributed by atoms with Crippen molar-refractivity contribution in [1.82, 2.24) is 10.2 Å². The lowest BCUT2D eigenvalue weighted by Gasteiger charge is -2.39. The fourth-order valence-corrected chi connectivity index (χ4v) is 8.06. The van der Waals surface area contributed by atoms with Gasteiger partial charge < -0.3 is 20.3 Å². The Bertz CT molecular complexity index is 1410. The Morgan fingerprint density at radius 3 is 2.43 bits per heavy atom. The van der Waals surface area contributed by atoms with Gasteiger partial charge >= 0.3 is 0 Å². The highest BCUT2D eigenvalue weighted by molar-refractivity contribution is 6.03. The lowest BCUT2D eigenvalue weighted by atomic mass is 9.73. The molecule has 0 radical (unpaired) electrons. The zero-order chi connectivity index (χ0) is 31.2. The fraction of sp³-hybridized carbons (Fsp3) is 0.541. The minimum Gasteiger partial charge on any atom is -0.359 e. The van der Waals surface area contributed by atoms with Crippen LogP contribution in [0.2, 0.25) is 0 Å². The molecule has 3 amide bonds. The molecule has 2 bridgehead atoms. The van der Waals surface area contributed by atoms with Gasteiger partial charge in [0.05, 0.1) is 17.9 Å². The summed E-state index contributed by atoms with van der Waals surface area (Å²) in [7, 11) is 0. The number of anilines is 1. The summed E-state index contributed by atoms with van der Waals surface area (Å²) in [5.41, 5.74) is 1.90. The van der Waals surface area contributed by atoms with Crippen LogP contribution in [0.5, 0.6) is 0 Å². The van der Waals surface area contributed by atoms with Crippen LogP contribution >= 0.6 is 0 Å². The molecule has 4 aliphatic rings. The SMILES string of the molecule is CC(C)c1ccc(NC(=O)C2[C@H]3C=CC4(O3)C(C(=O)NC3CCCC(C)C3C)N(C(C)CCc3ccccc3)C(=O)[C@@H]24)cc1. The lowest BCUT2D eigenvalue weighted by Crippen LogP contribution is -2.59.